The Kier molecular flexibility index (Phi) is 5.91. The summed E-state index contributed by atoms with van der Waals surface area (Å²) in [6.07, 6.45) is 1.25. The first-order chi connectivity index (χ1) is 18.9. The van der Waals surface area contributed by atoms with Crippen molar-refractivity contribution in [2.24, 2.45) is 45.3 Å². The Bertz CT molecular complexity index is 1270. The van der Waals surface area contributed by atoms with Gasteiger partial charge in [-0.3, -0.25) is 4.79 Å². The van der Waals surface area contributed by atoms with Gasteiger partial charge in [0.2, 0.25) is 5.60 Å². The van der Waals surface area contributed by atoms with E-state index in [1.54, 1.807) is 13.8 Å². The number of carbonyl (C=O) groups is 3. The maximum atomic E-state index is 17.5. The molecule has 7 nitrogen and oxygen atoms in total. The molecule has 0 aromatic carbocycles. The van der Waals surface area contributed by atoms with Gasteiger partial charge < -0.3 is 19.7 Å². The van der Waals surface area contributed by atoms with Gasteiger partial charge in [0.15, 0.2) is 11.5 Å². The fourth-order valence-electron chi connectivity index (χ4n) is 11.0. The molecule has 6 aliphatic carbocycles. The van der Waals surface area contributed by atoms with Gasteiger partial charge in [-0.25, -0.2) is 18.4 Å². The summed E-state index contributed by atoms with van der Waals surface area (Å²) in [4.78, 5) is 38.8. The summed E-state index contributed by atoms with van der Waals surface area (Å²) in [6.45, 7) is 11.0. The predicted molar refractivity (Wildman–Crippen MR) is 144 cm³/mol. The summed E-state index contributed by atoms with van der Waals surface area (Å²) < 4.78 is 45.1. The number of carbonyl (C=O) groups excluding carboxylic acids is 2. The van der Waals surface area contributed by atoms with Gasteiger partial charge in [-0.1, -0.05) is 40.7 Å². The minimum atomic E-state index is -2.35. The van der Waals surface area contributed by atoms with Crippen molar-refractivity contribution in [2.45, 2.75) is 110 Å². The van der Waals surface area contributed by atoms with E-state index in [1.165, 1.54) is 19.1 Å². The number of rotatable bonds is 3. The lowest BCUT2D eigenvalue weighted by molar-refractivity contribution is -0.233. The molecule has 5 saturated carbocycles. The van der Waals surface area contributed by atoms with Crippen molar-refractivity contribution in [3.8, 4) is 0 Å². The van der Waals surface area contributed by atoms with Crippen LogP contribution in [0.25, 0.3) is 0 Å². The van der Waals surface area contributed by atoms with E-state index in [1.807, 2.05) is 0 Å². The Morgan fingerprint density at radius 2 is 1.76 bits per heavy atom. The van der Waals surface area contributed by atoms with Crippen LogP contribution in [0.15, 0.2) is 23.8 Å². The van der Waals surface area contributed by atoms with Crippen molar-refractivity contribution in [2.75, 3.05) is 0 Å². The fourth-order valence-corrected chi connectivity index (χ4v) is 11.0. The Labute approximate surface area is 239 Å². The van der Waals surface area contributed by atoms with Gasteiger partial charge in [0.05, 0.1) is 6.10 Å². The molecule has 0 saturated heterocycles. The van der Waals surface area contributed by atoms with E-state index < -0.39 is 76.1 Å². The summed E-state index contributed by atoms with van der Waals surface area (Å²) >= 11 is 0. The zero-order chi connectivity index (χ0) is 30.1. The Morgan fingerprint density at radius 3 is 2.37 bits per heavy atom. The van der Waals surface area contributed by atoms with Crippen molar-refractivity contribution in [3.63, 3.8) is 0 Å². The number of allylic oxidation sites excluding steroid dienone is 4. The lowest BCUT2D eigenvalue weighted by Gasteiger charge is -2.62. The number of ketones is 1. The molecule has 0 unspecified atom stereocenters. The predicted octanol–water partition coefficient (Wildman–Crippen LogP) is 5.74. The molecule has 6 aliphatic rings. The van der Waals surface area contributed by atoms with Crippen LogP contribution >= 0.6 is 0 Å². The minimum Gasteiger partial charge on any atom is -0.478 e. The van der Waals surface area contributed by atoms with Crippen LogP contribution in [0.5, 0.6) is 0 Å². The number of ether oxygens (including phenoxy) is 2. The van der Waals surface area contributed by atoms with Crippen LogP contribution in [-0.2, 0) is 19.1 Å². The molecule has 0 aromatic rings. The van der Waals surface area contributed by atoms with Crippen LogP contribution < -0.4 is 0 Å². The summed E-state index contributed by atoms with van der Waals surface area (Å²) in [7, 11) is 0. The molecule has 0 aliphatic heterocycles. The maximum Gasteiger partial charge on any atom is 0.509 e. The average molecular weight is 577 g/mol. The fraction of sp³-hybridized carbons (Fsp3) is 0.781. The number of hydrogen-bond donors (Lipinski definition) is 2. The summed E-state index contributed by atoms with van der Waals surface area (Å²) in [6, 6.07) is 0. The normalized spacial score (nSPS) is 52.8. The topological polar surface area (TPSA) is 110 Å². The van der Waals surface area contributed by atoms with E-state index >= 15 is 8.78 Å². The third-order valence-electron chi connectivity index (χ3n) is 13.1. The van der Waals surface area contributed by atoms with E-state index in [0.29, 0.717) is 5.92 Å². The summed E-state index contributed by atoms with van der Waals surface area (Å²) in [5.74, 6) is -3.97. The third kappa shape index (κ3) is 3.30. The second kappa shape index (κ2) is 8.42. The first-order valence-electron chi connectivity index (χ1n) is 15.0. The summed E-state index contributed by atoms with van der Waals surface area (Å²) in [5, 5.41) is 22.3. The molecule has 12 atom stereocenters. The Morgan fingerprint density at radius 1 is 1.07 bits per heavy atom. The number of aliphatic hydroxyl groups excluding tert-OH is 1. The van der Waals surface area contributed by atoms with Crippen molar-refractivity contribution >= 4 is 17.9 Å². The Hall–Kier alpha value is -2.29. The zero-order valence-corrected chi connectivity index (χ0v) is 24.7. The number of hydrogen-bond acceptors (Lipinski definition) is 6. The van der Waals surface area contributed by atoms with Gasteiger partial charge in [0.25, 0.3) is 0 Å². The highest BCUT2D eigenvalue weighted by Crippen LogP contribution is 2.72. The van der Waals surface area contributed by atoms with Gasteiger partial charge in [-0.05, 0) is 75.0 Å². The molecular formula is C32H42F2O7. The highest BCUT2D eigenvalue weighted by atomic mass is 19.1. The lowest BCUT2D eigenvalue weighted by Crippen LogP contribution is -2.71. The number of halogens is 2. The molecular weight excluding hydrogens is 534 g/mol. The quantitative estimate of drug-likeness (QED) is 0.412. The van der Waals surface area contributed by atoms with Gasteiger partial charge in [0, 0.05) is 33.5 Å². The number of fused-ring (bicyclic) bond motifs is 7. The molecule has 2 N–H and O–H groups in total. The van der Waals surface area contributed by atoms with Crippen LogP contribution in [0, 0.1) is 45.3 Å². The maximum absolute atomic E-state index is 17.5. The van der Waals surface area contributed by atoms with Gasteiger partial charge >= 0.3 is 12.1 Å². The van der Waals surface area contributed by atoms with Crippen LogP contribution in [0.2, 0.25) is 0 Å². The summed E-state index contributed by atoms with van der Waals surface area (Å²) in [5.41, 5.74) is -7.96. The van der Waals surface area contributed by atoms with Crippen molar-refractivity contribution in [1.29, 1.82) is 0 Å². The van der Waals surface area contributed by atoms with E-state index in [0.717, 1.165) is 25.3 Å². The van der Waals surface area contributed by atoms with Gasteiger partial charge in [-0.15, -0.1) is 0 Å². The molecule has 2 bridgehead atoms. The molecule has 0 amide bonds. The largest absolute Gasteiger partial charge is 0.509 e. The standard InChI is InChI=1S/C32H42F2O7/c1-16-11-19-20-13-22(33)21-12-18(35)8-10-29(21,5)31(20,34)23(36)15-30(19,6)32(16,25(37)38)41-26(39)40-24-27(2,3)17-7-9-28(24,4)14-17/h8,10,12,16-17,19-20,22-24,36H,7,9,11,13-15H2,1-6H3,(H,37,38)/t16-,17+,19+,20+,22+,23+,24+,28-,29+,30+,31+,32+/m1/s1. The number of carboxylic acid groups (broad SMARTS) is 1. The highest BCUT2D eigenvalue weighted by Gasteiger charge is 2.79. The van der Waals surface area contributed by atoms with Crippen LogP contribution in [0.4, 0.5) is 13.6 Å². The van der Waals surface area contributed by atoms with E-state index in [4.69, 9.17) is 9.47 Å². The van der Waals surface area contributed by atoms with Crippen molar-refractivity contribution in [3.05, 3.63) is 23.8 Å². The number of carboxylic acids is 1. The average Bonchev–Trinajstić information content (AvgIpc) is 3.44. The zero-order valence-electron chi connectivity index (χ0n) is 24.7. The molecule has 5 fully saturated rings. The lowest BCUT2D eigenvalue weighted by atomic mass is 9.44. The molecule has 9 heteroatoms. The molecule has 0 spiro atoms. The number of alkyl halides is 2. The molecule has 6 rings (SSSR count). The minimum absolute atomic E-state index is 0.00347. The van der Waals surface area contributed by atoms with Crippen LogP contribution in [-0.4, -0.2) is 57.8 Å². The highest BCUT2D eigenvalue weighted by molar-refractivity contribution is 6.01. The molecule has 0 radical (unpaired) electrons. The first kappa shape index (κ1) is 28.8. The van der Waals surface area contributed by atoms with E-state index in [-0.39, 0.29) is 35.7 Å². The number of aliphatic carboxylic acids is 1. The monoisotopic (exact) mass is 576 g/mol. The van der Waals surface area contributed by atoms with Crippen LogP contribution in [0.3, 0.4) is 0 Å². The molecule has 0 heterocycles. The van der Waals surface area contributed by atoms with Gasteiger partial charge in [-0.2, -0.15) is 0 Å². The third-order valence-corrected chi connectivity index (χ3v) is 13.1. The van der Waals surface area contributed by atoms with E-state index in [2.05, 4.69) is 20.8 Å². The second-order valence-corrected chi connectivity index (χ2v) is 15.3. The first-order valence-corrected chi connectivity index (χ1v) is 15.0. The Balaban J connectivity index is 1.36. The smallest absolute Gasteiger partial charge is 0.478 e. The second-order valence-electron chi connectivity index (χ2n) is 15.3. The van der Waals surface area contributed by atoms with Crippen molar-refractivity contribution in [1.82, 2.24) is 0 Å². The SMILES string of the molecule is C[C@@H]1C[C@H]2[C@@H]3C[C@H](F)C4=CC(=O)C=C[C@]4(C)[C@@]3(F)[C@@H](O)C[C@]2(C)[C@@]1(OC(=O)O[C@H]1C(C)(C)[C@H]2CC[C@]1(C)C2)C(=O)O. The molecule has 41 heavy (non-hydrogen) atoms. The molecule has 0 aromatic heterocycles. The molecule has 226 valence electrons. The van der Waals surface area contributed by atoms with Crippen molar-refractivity contribution < 1.29 is 42.9 Å². The van der Waals surface area contributed by atoms with Gasteiger partial charge in [0.1, 0.15) is 12.3 Å². The number of aliphatic hydroxyl groups is 1. The van der Waals surface area contributed by atoms with Crippen LogP contribution in [0.1, 0.15) is 80.1 Å². The van der Waals surface area contributed by atoms with E-state index in [9.17, 15) is 24.6 Å².